The zero-order valence-electron chi connectivity index (χ0n) is 14.3. The summed E-state index contributed by atoms with van der Waals surface area (Å²) in [7, 11) is 1.37. The predicted molar refractivity (Wildman–Crippen MR) is 88.8 cm³/mol. The molecule has 0 saturated heterocycles. The van der Waals surface area contributed by atoms with Gasteiger partial charge in [0, 0.05) is 19.7 Å². The number of rotatable bonds is 5. The fourth-order valence-corrected chi connectivity index (χ4v) is 3.07. The van der Waals surface area contributed by atoms with Crippen molar-refractivity contribution >= 4 is 17.5 Å². The second-order valence-electron chi connectivity index (χ2n) is 6.27. The van der Waals surface area contributed by atoms with E-state index in [4.69, 9.17) is 5.26 Å². The minimum atomic E-state index is -4.53. The summed E-state index contributed by atoms with van der Waals surface area (Å²) in [6, 6.07) is 2.42. The zero-order chi connectivity index (χ0) is 18.9. The van der Waals surface area contributed by atoms with E-state index in [1.54, 1.807) is 6.20 Å². The van der Waals surface area contributed by atoms with Crippen molar-refractivity contribution in [2.24, 2.45) is 5.92 Å². The van der Waals surface area contributed by atoms with Crippen molar-refractivity contribution in [1.82, 2.24) is 19.7 Å². The predicted octanol–water partition coefficient (Wildman–Crippen LogP) is 3.65. The van der Waals surface area contributed by atoms with Crippen LogP contribution in [0.3, 0.4) is 0 Å². The van der Waals surface area contributed by atoms with Crippen LogP contribution in [0.2, 0.25) is 0 Å². The molecule has 10 heteroatoms. The number of alkyl halides is 3. The van der Waals surface area contributed by atoms with Gasteiger partial charge in [-0.3, -0.25) is 4.68 Å². The molecule has 2 aromatic heterocycles. The molecule has 0 aliphatic heterocycles. The molecule has 1 fully saturated rings. The Labute approximate surface area is 148 Å². The minimum Gasteiger partial charge on any atom is -0.372 e. The molecule has 138 valence electrons. The van der Waals surface area contributed by atoms with Gasteiger partial charge in [0.05, 0.1) is 29.7 Å². The van der Waals surface area contributed by atoms with Crippen LogP contribution in [0.5, 0.6) is 0 Å². The van der Waals surface area contributed by atoms with E-state index in [1.165, 1.54) is 7.05 Å². The lowest BCUT2D eigenvalue weighted by atomic mass is 9.78. The third-order valence-electron chi connectivity index (χ3n) is 4.56. The first kappa shape index (κ1) is 18.0. The van der Waals surface area contributed by atoms with Gasteiger partial charge in [-0.25, -0.2) is 4.98 Å². The molecule has 3 rings (SSSR count). The van der Waals surface area contributed by atoms with Crippen LogP contribution in [0, 0.1) is 24.2 Å². The molecule has 1 aliphatic rings. The number of nitrogens with zero attached hydrogens (tertiary/aromatic N) is 5. The number of nitriles is 1. The molecule has 0 spiro atoms. The van der Waals surface area contributed by atoms with Gasteiger partial charge in [-0.1, -0.05) is 0 Å². The fraction of sp³-hybridized carbons (Fsp3) is 0.500. The van der Waals surface area contributed by atoms with Crippen LogP contribution in [0.4, 0.5) is 30.6 Å². The van der Waals surface area contributed by atoms with Gasteiger partial charge in [0.25, 0.3) is 0 Å². The molecule has 2 aromatic rings. The lowest BCUT2D eigenvalue weighted by molar-refractivity contribution is -0.137. The highest BCUT2D eigenvalue weighted by molar-refractivity contribution is 5.58. The molecular weight excluding hydrogens is 347 g/mol. The molecule has 26 heavy (non-hydrogen) atoms. The lowest BCUT2D eigenvalue weighted by Gasteiger charge is -2.34. The fourth-order valence-electron chi connectivity index (χ4n) is 3.07. The van der Waals surface area contributed by atoms with E-state index in [0.29, 0.717) is 18.0 Å². The topological polar surface area (TPSA) is 91.5 Å². The maximum absolute atomic E-state index is 12.9. The van der Waals surface area contributed by atoms with Gasteiger partial charge in [-0.15, -0.1) is 0 Å². The second kappa shape index (κ2) is 6.82. The second-order valence-corrected chi connectivity index (χ2v) is 6.27. The third kappa shape index (κ3) is 3.42. The molecule has 1 saturated carbocycles. The average Bonchev–Trinajstić information content (AvgIpc) is 2.90. The first-order chi connectivity index (χ1) is 12.3. The molecule has 0 radical (unpaired) electrons. The molecule has 7 nitrogen and oxygen atoms in total. The van der Waals surface area contributed by atoms with Crippen molar-refractivity contribution in [3.8, 4) is 6.07 Å². The lowest BCUT2D eigenvalue weighted by Crippen LogP contribution is -2.28. The summed E-state index contributed by atoms with van der Waals surface area (Å²) < 4.78 is 40.6. The highest BCUT2D eigenvalue weighted by Gasteiger charge is 2.35. The minimum absolute atomic E-state index is 0.0565. The van der Waals surface area contributed by atoms with Gasteiger partial charge >= 0.3 is 6.18 Å². The van der Waals surface area contributed by atoms with E-state index in [-0.39, 0.29) is 17.8 Å². The van der Waals surface area contributed by atoms with Crippen LogP contribution in [-0.4, -0.2) is 26.8 Å². The third-order valence-corrected chi connectivity index (χ3v) is 4.56. The summed E-state index contributed by atoms with van der Waals surface area (Å²) in [5.74, 6) is 0.167. The largest absolute Gasteiger partial charge is 0.421 e. The van der Waals surface area contributed by atoms with E-state index in [0.717, 1.165) is 24.7 Å². The molecule has 0 atom stereocenters. The number of nitrogens with one attached hydrogen (secondary N) is 2. The molecule has 0 unspecified atom stereocenters. The Hall–Kier alpha value is -2.83. The van der Waals surface area contributed by atoms with E-state index < -0.39 is 11.7 Å². The van der Waals surface area contributed by atoms with Crippen LogP contribution in [0.1, 0.15) is 36.6 Å². The van der Waals surface area contributed by atoms with E-state index >= 15 is 0 Å². The van der Waals surface area contributed by atoms with Crippen LogP contribution < -0.4 is 10.6 Å². The molecule has 2 heterocycles. The smallest absolute Gasteiger partial charge is 0.372 e. The van der Waals surface area contributed by atoms with E-state index in [9.17, 15) is 13.2 Å². The van der Waals surface area contributed by atoms with Crippen molar-refractivity contribution in [3.63, 3.8) is 0 Å². The van der Waals surface area contributed by atoms with Crippen molar-refractivity contribution in [1.29, 1.82) is 5.26 Å². The highest BCUT2D eigenvalue weighted by Crippen LogP contribution is 2.40. The molecule has 0 amide bonds. The Morgan fingerprint density at radius 3 is 2.69 bits per heavy atom. The Balaban J connectivity index is 1.75. The SMILES string of the molecule is CNc1nc(Nc2cnn([C@H]3C[C@H](CC#N)C3)c2C)ncc1C(F)(F)F. The van der Waals surface area contributed by atoms with Gasteiger partial charge in [-0.05, 0) is 25.7 Å². The number of hydrogen-bond donors (Lipinski definition) is 2. The van der Waals surface area contributed by atoms with Crippen LogP contribution in [-0.2, 0) is 6.18 Å². The summed E-state index contributed by atoms with van der Waals surface area (Å²) in [5, 5.41) is 18.4. The number of hydrogen-bond acceptors (Lipinski definition) is 6. The molecule has 2 N–H and O–H groups in total. The maximum Gasteiger partial charge on any atom is 0.421 e. The summed E-state index contributed by atoms with van der Waals surface area (Å²) in [6.07, 6.45) is 0.175. The van der Waals surface area contributed by atoms with Crippen molar-refractivity contribution < 1.29 is 13.2 Å². The highest BCUT2D eigenvalue weighted by atomic mass is 19.4. The summed E-state index contributed by atoms with van der Waals surface area (Å²) >= 11 is 0. The van der Waals surface area contributed by atoms with Gasteiger partial charge in [0.2, 0.25) is 5.95 Å². The number of halogens is 3. The molecule has 0 aromatic carbocycles. The number of aromatic nitrogens is 4. The van der Waals surface area contributed by atoms with E-state index in [1.807, 2.05) is 11.6 Å². The summed E-state index contributed by atoms with van der Waals surface area (Å²) in [5.41, 5.74) is 0.562. The quantitative estimate of drug-likeness (QED) is 0.840. The standard InChI is InChI=1S/C16H18F3N7/c1-9-13(8-23-26(9)11-5-10(6-11)3-4-20)24-15-22-7-12(16(17,18)19)14(21-2)25-15/h7-8,10-11H,3,5-6H2,1-2H3,(H2,21,22,24,25)/t10-,11-. The molecular formula is C16H18F3N7. The van der Waals surface area contributed by atoms with Gasteiger partial charge < -0.3 is 10.6 Å². The summed E-state index contributed by atoms with van der Waals surface area (Å²) in [6.45, 7) is 1.87. The monoisotopic (exact) mass is 365 g/mol. The van der Waals surface area contributed by atoms with Gasteiger partial charge in [0.1, 0.15) is 11.4 Å². The van der Waals surface area contributed by atoms with Crippen molar-refractivity contribution in [2.75, 3.05) is 17.7 Å². The Morgan fingerprint density at radius 2 is 2.08 bits per heavy atom. The Bertz CT molecular complexity index is 831. The van der Waals surface area contributed by atoms with Crippen LogP contribution in [0.15, 0.2) is 12.4 Å². The number of anilines is 3. The maximum atomic E-state index is 12.9. The average molecular weight is 365 g/mol. The molecule has 0 bridgehead atoms. The van der Waals surface area contributed by atoms with Crippen molar-refractivity contribution in [2.45, 2.75) is 38.4 Å². The van der Waals surface area contributed by atoms with Gasteiger partial charge in [0.15, 0.2) is 0 Å². The Morgan fingerprint density at radius 1 is 1.35 bits per heavy atom. The first-order valence-corrected chi connectivity index (χ1v) is 8.13. The normalized spacial score (nSPS) is 19.5. The molecule has 1 aliphatic carbocycles. The van der Waals surface area contributed by atoms with Crippen molar-refractivity contribution in [3.05, 3.63) is 23.7 Å². The Kier molecular flexibility index (Phi) is 4.71. The van der Waals surface area contributed by atoms with E-state index in [2.05, 4.69) is 31.8 Å². The first-order valence-electron chi connectivity index (χ1n) is 8.13. The summed E-state index contributed by atoms with van der Waals surface area (Å²) in [4.78, 5) is 7.65. The van der Waals surface area contributed by atoms with Crippen LogP contribution >= 0.6 is 0 Å². The zero-order valence-corrected chi connectivity index (χ0v) is 14.3. The van der Waals surface area contributed by atoms with Crippen LogP contribution in [0.25, 0.3) is 0 Å². The van der Waals surface area contributed by atoms with Gasteiger partial charge in [-0.2, -0.15) is 28.5 Å².